The minimum atomic E-state index is -1.17. The number of benzene rings is 2. The molecular weight excluding hydrogens is 337 g/mol. The van der Waals surface area contributed by atoms with Crippen molar-refractivity contribution in [3.63, 3.8) is 0 Å². The highest BCUT2D eigenvalue weighted by Gasteiger charge is 2.35. The van der Waals surface area contributed by atoms with E-state index in [9.17, 15) is 9.90 Å². The van der Waals surface area contributed by atoms with Crippen LogP contribution in [0.4, 0.5) is 0 Å². The molecule has 6 heteroatoms. The lowest BCUT2D eigenvalue weighted by atomic mass is 9.88. The highest BCUT2D eigenvalue weighted by atomic mass is 35.5. The third-order valence-corrected chi connectivity index (χ3v) is 4.44. The molecule has 2 N–H and O–H groups in total. The van der Waals surface area contributed by atoms with Crippen molar-refractivity contribution < 1.29 is 14.6 Å². The number of carbonyl (C=O) groups excluding carboxylic acids is 1. The molecule has 0 spiro atoms. The van der Waals surface area contributed by atoms with E-state index < -0.39 is 5.60 Å². The predicted molar refractivity (Wildman–Crippen MR) is 89.2 cm³/mol. The number of aliphatic hydroxyl groups is 1. The predicted octanol–water partition coefficient (Wildman–Crippen LogP) is 3.39. The Bertz CT molecular complexity index is 750. The Morgan fingerprint density at radius 1 is 1.26 bits per heavy atom. The van der Waals surface area contributed by atoms with Crippen molar-refractivity contribution in [2.45, 2.75) is 12.0 Å². The molecule has 3 rings (SSSR count). The lowest BCUT2D eigenvalue weighted by molar-refractivity contribution is -0.00160. The molecule has 2 aromatic rings. The molecule has 2 aromatic carbocycles. The quantitative estimate of drug-likeness (QED) is 0.890. The number of carbonyl (C=O) groups is 1. The number of para-hydroxylation sites is 1. The van der Waals surface area contributed by atoms with Crippen molar-refractivity contribution >= 4 is 29.1 Å². The van der Waals surface area contributed by atoms with E-state index in [1.807, 2.05) is 12.1 Å². The zero-order chi connectivity index (χ0) is 16.4. The van der Waals surface area contributed by atoms with Gasteiger partial charge in [-0.1, -0.05) is 41.4 Å². The number of amides is 1. The van der Waals surface area contributed by atoms with E-state index in [0.29, 0.717) is 34.4 Å². The number of hydrogen-bond acceptors (Lipinski definition) is 3. The van der Waals surface area contributed by atoms with Gasteiger partial charge in [-0.05, 0) is 24.3 Å². The molecule has 1 amide bonds. The number of hydrogen-bond donors (Lipinski definition) is 2. The molecule has 1 unspecified atom stereocenters. The van der Waals surface area contributed by atoms with Crippen LogP contribution in [0.2, 0.25) is 10.0 Å². The van der Waals surface area contributed by atoms with Gasteiger partial charge in [-0.3, -0.25) is 4.79 Å². The summed E-state index contributed by atoms with van der Waals surface area (Å²) in [4.78, 5) is 12.3. The number of nitrogens with one attached hydrogen (secondary N) is 1. The first kappa shape index (κ1) is 16.1. The standard InChI is InChI=1S/C17H15Cl2NO3/c18-11-5-6-14(19)12(9-11)16(21)20-10-17(22)7-8-23-15-4-2-1-3-13(15)17/h1-6,9,22H,7-8,10H2,(H,20,21). The number of halogens is 2. The van der Waals surface area contributed by atoms with Crippen LogP contribution in [-0.2, 0) is 5.60 Å². The molecule has 1 atom stereocenters. The molecule has 1 aliphatic heterocycles. The summed E-state index contributed by atoms with van der Waals surface area (Å²) in [6, 6.07) is 12.0. The fraction of sp³-hybridized carbons (Fsp3) is 0.235. The summed E-state index contributed by atoms with van der Waals surface area (Å²) in [6.07, 6.45) is 0.396. The van der Waals surface area contributed by atoms with Gasteiger partial charge in [0.2, 0.25) is 0 Å². The second-order valence-electron chi connectivity index (χ2n) is 5.43. The van der Waals surface area contributed by atoms with Gasteiger partial charge >= 0.3 is 0 Å². The molecule has 120 valence electrons. The summed E-state index contributed by atoms with van der Waals surface area (Å²) in [5, 5.41) is 14.4. The summed E-state index contributed by atoms with van der Waals surface area (Å²) in [6.45, 7) is 0.455. The van der Waals surface area contributed by atoms with E-state index in [2.05, 4.69) is 5.32 Å². The van der Waals surface area contributed by atoms with Gasteiger partial charge in [0.25, 0.3) is 5.91 Å². The van der Waals surface area contributed by atoms with Gasteiger partial charge in [-0.15, -0.1) is 0 Å². The molecule has 0 radical (unpaired) electrons. The first-order chi connectivity index (χ1) is 11.0. The maximum Gasteiger partial charge on any atom is 0.252 e. The minimum Gasteiger partial charge on any atom is -0.493 e. The van der Waals surface area contributed by atoms with E-state index in [0.717, 1.165) is 0 Å². The summed E-state index contributed by atoms with van der Waals surface area (Å²) in [5.41, 5.74) is -0.220. The molecule has 0 fully saturated rings. The Morgan fingerprint density at radius 3 is 2.87 bits per heavy atom. The van der Waals surface area contributed by atoms with Crippen molar-refractivity contribution in [3.05, 3.63) is 63.6 Å². The molecule has 1 aliphatic rings. The number of fused-ring (bicyclic) bond motifs is 1. The molecule has 23 heavy (non-hydrogen) atoms. The lowest BCUT2D eigenvalue weighted by Gasteiger charge is -2.34. The van der Waals surface area contributed by atoms with E-state index in [4.69, 9.17) is 27.9 Å². The molecule has 0 saturated carbocycles. The van der Waals surface area contributed by atoms with Crippen molar-refractivity contribution in [3.8, 4) is 5.75 Å². The molecular formula is C17H15Cl2NO3. The Morgan fingerprint density at radius 2 is 2.04 bits per heavy atom. The monoisotopic (exact) mass is 351 g/mol. The third kappa shape index (κ3) is 3.29. The molecule has 0 aromatic heterocycles. The van der Waals surface area contributed by atoms with E-state index in [-0.39, 0.29) is 18.0 Å². The molecule has 4 nitrogen and oxygen atoms in total. The van der Waals surface area contributed by atoms with Crippen molar-refractivity contribution in [1.29, 1.82) is 0 Å². The third-order valence-electron chi connectivity index (χ3n) is 3.88. The fourth-order valence-corrected chi connectivity index (χ4v) is 2.99. The zero-order valence-electron chi connectivity index (χ0n) is 12.2. The van der Waals surface area contributed by atoms with Crippen LogP contribution in [-0.4, -0.2) is 24.2 Å². The fourth-order valence-electron chi connectivity index (χ4n) is 2.62. The minimum absolute atomic E-state index is 0.0645. The van der Waals surface area contributed by atoms with Gasteiger partial charge in [-0.2, -0.15) is 0 Å². The average molecular weight is 352 g/mol. The maximum atomic E-state index is 12.3. The van der Waals surface area contributed by atoms with Crippen LogP contribution in [0, 0.1) is 0 Å². The van der Waals surface area contributed by atoms with Crippen molar-refractivity contribution in [2.75, 3.05) is 13.2 Å². The normalized spacial score (nSPS) is 19.6. The first-order valence-corrected chi connectivity index (χ1v) is 7.93. The van der Waals surface area contributed by atoms with Crippen LogP contribution in [0.5, 0.6) is 5.75 Å². The molecule has 0 saturated heterocycles. The molecule has 0 bridgehead atoms. The van der Waals surface area contributed by atoms with Gasteiger partial charge in [0, 0.05) is 17.0 Å². The summed E-state index contributed by atoms with van der Waals surface area (Å²) in [5.74, 6) is 0.256. The van der Waals surface area contributed by atoms with Gasteiger partial charge in [0.15, 0.2) is 0 Å². The van der Waals surface area contributed by atoms with Crippen LogP contribution in [0.15, 0.2) is 42.5 Å². The maximum absolute atomic E-state index is 12.3. The summed E-state index contributed by atoms with van der Waals surface area (Å²) in [7, 11) is 0. The first-order valence-electron chi connectivity index (χ1n) is 7.17. The van der Waals surface area contributed by atoms with Gasteiger partial charge in [-0.25, -0.2) is 0 Å². The SMILES string of the molecule is O=C(NCC1(O)CCOc2ccccc21)c1cc(Cl)ccc1Cl. The Labute approximate surface area is 144 Å². The zero-order valence-corrected chi connectivity index (χ0v) is 13.7. The van der Waals surface area contributed by atoms with E-state index in [1.54, 1.807) is 24.3 Å². The summed E-state index contributed by atoms with van der Waals surface area (Å²) < 4.78 is 5.53. The molecule has 1 heterocycles. The van der Waals surface area contributed by atoms with Crippen molar-refractivity contribution in [2.24, 2.45) is 0 Å². The summed E-state index contributed by atoms with van der Waals surface area (Å²) >= 11 is 11.9. The highest BCUT2D eigenvalue weighted by molar-refractivity contribution is 6.35. The second-order valence-corrected chi connectivity index (χ2v) is 6.28. The van der Waals surface area contributed by atoms with Gasteiger partial charge in [0.1, 0.15) is 11.4 Å². The number of rotatable bonds is 3. The lowest BCUT2D eigenvalue weighted by Crippen LogP contribution is -2.44. The van der Waals surface area contributed by atoms with E-state index in [1.165, 1.54) is 6.07 Å². The highest BCUT2D eigenvalue weighted by Crippen LogP contribution is 2.36. The molecule has 0 aliphatic carbocycles. The Hall–Kier alpha value is -1.75. The Balaban J connectivity index is 1.78. The Kier molecular flexibility index (Phi) is 4.48. The van der Waals surface area contributed by atoms with Crippen LogP contribution in [0.1, 0.15) is 22.3 Å². The second kappa shape index (κ2) is 6.40. The average Bonchev–Trinajstić information content (AvgIpc) is 2.55. The topological polar surface area (TPSA) is 58.6 Å². The van der Waals surface area contributed by atoms with Crippen LogP contribution in [0.25, 0.3) is 0 Å². The van der Waals surface area contributed by atoms with E-state index >= 15 is 0 Å². The van der Waals surface area contributed by atoms with Gasteiger partial charge < -0.3 is 15.2 Å². The van der Waals surface area contributed by atoms with Crippen LogP contribution in [0.3, 0.4) is 0 Å². The van der Waals surface area contributed by atoms with Gasteiger partial charge in [0.05, 0.1) is 23.7 Å². The smallest absolute Gasteiger partial charge is 0.252 e. The largest absolute Gasteiger partial charge is 0.493 e. The van der Waals surface area contributed by atoms with Crippen LogP contribution >= 0.6 is 23.2 Å². The van der Waals surface area contributed by atoms with Crippen molar-refractivity contribution in [1.82, 2.24) is 5.32 Å². The number of ether oxygens (including phenoxy) is 1. The van der Waals surface area contributed by atoms with Crippen LogP contribution < -0.4 is 10.1 Å².